The summed E-state index contributed by atoms with van der Waals surface area (Å²) in [6.45, 7) is 5.82. The van der Waals surface area contributed by atoms with Crippen molar-refractivity contribution in [2.75, 3.05) is 0 Å². The van der Waals surface area contributed by atoms with Crippen LogP contribution in [0.2, 0.25) is 0 Å². The van der Waals surface area contributed by atoms with Crippen LogP contribution in [0.25, 0.3) is 0 Å². The van der Waals surface area contributed by atoms with Crippen molar-refractivity contribution in [1.29, 1.82) is 0 Å². The number of H-pyrrole nitrogens is 1. The lowest BCUT2D eigenvalue weighted by molar-refractivity contribution is -0.0500. The SMILES string of the molecule is C#Cc1[nH]c(=O)c(C)c(F)c1[C@@H]1O[C@H](CC(C)(CC)OP(=O)(O)C(O)CC)C(O)[C@@H]1F. The smallest absolute Gasteiger partial charge is 0.356 e. The molecule has 0 radical (unpaired) electrons. The van der Waals surface area contributed by atoms with Crippen molar-refractivity contribution in [2.24, 2.45) is 0 Å². The third-order valence-electron chi connectivity index (χ3n) is 5.63. The Hall–Kier alpha value is -1.60. The number of pyridine rings is 1. The number of rotatable bonds is 8. The summed E-state index contributed by atoms with van der Waals surface area (Å²) in [7, 11) is -4.42. The van der Waals surface area contributed by atoms with E-state index in [1.54, 1.807) is 6.92 Å². The summed E-state index contributed by atoms with van der Waals surface area (Å²) in [6, 6.07) is 0. The van der Waals surface area contributed by atoms with Crippen LogP contribution in [-0.2, 0) is 13.8 Å². The van der Waals surface area contributed by atoms with E-state index in [1.165, 1.54) is 20.8 Å². The summed E-state index contributed by atoms with van der Waals surface area (Å²) in [5.74, 6) is -0.541. The average Bonchev–Trinajstić information content (AvgIpc) is 2.98. The Morgan fingerprint density at radius 1 is 1.45 bits per heavy atom. The fourth-order valence-corrected chi connectivity index (χ4v) is 4.89. The van der Waals surface area contributed by atoms with Crippen LogP contribution in [0.15, 0.2) is 4.79 Å². The molecule has 174 valence electrons. The molecular weight excluding hydrogens is 435 g/mol. The predicted octanol–water partition coefficient (Wildman–Crippen LogP) is 2.43. The zero-order chi connectivity index (χ0) is 23.7. The lowest BCUT2D eigenvalue weighted by Crippen LogP contribution is -2.38. The Balaban J connectivity index is 2.35. The topological polar surface area (TPSA) is 129 Å². The van der Waals surface area contributed by atoms with Crippen molar-refractivity contribution < 1.29 is 37.7 Å². The second kappa shape index (κ2) is 9.49. The zero-order valence-electron chi connectivity index (χ0n) is 17.8. The number of ether oxygens (including phenoxy) is 1. The number of aliphatic hydroxyl groups excluding tert-OH is 2. The molecule has 11 heteroatoms. The van der Waals surface area contributed by atoms with E-state index in [0.29, 0.717) is 0 Å². The number of hydrogen-bond donors (Lipinski definition) is 4. The van der Waals surface area contributed by atoms with Gasteiger partial charge < -0.3 is 29.4 Å². The molecule has 0 spiro atoms. The van der Waals surface area contributed by atoms with Gasteiger partial charge in [-0.05, 0) is 26.7 Å². The van der Waals surface area contributed by atoms with Gasteiger partial charge >= 0.3 is 7.60 Å². The van der Waals surface area contributed by atoms with Gasteiger partial charge in [-0.2, -0.15) is 0 Å². The van der Waals surface area contributed by atoms with Gasteiger partial charge in [0.15, 0.2) is 12.0 Å². The molecule has 0 saturated carbocycles. The van der Waals surface area contributed by atoms with Gasteiger partial charge in [-0.15, -0.1) is 6.42 Å². The summed E-state index contributed by atoms with van der Waals surface area (Å²) in [5.41, 5.74) is -3.12. The minimum absolute atomic E-state index is 0.0234. The molecule has 7 atom stereocenters. The van der Waals surface area contributed by atoms with Crippen molar-refractivity contribution in [3.05, 3.63) is 33.0 Å². The van der Waals surface area contributed by atoms with Gasteiger partial charge in [0.1, 0.15) is 23.7 Å². The molecule has 2 rings (SSSR count). The number of aromatic nitrogens is 1. The number of halogens is 2. The van der Waals surface area contributed by atoms with E-state index in [4.69, 9.17) is 15.7 Å². The van der Waals surface area contributed by atoms with Gasteiger partial charge in [0.05, 0.1) is 22.8 Å². The maximum absolute atomic E-state index is 15.0. The highest BCUT2D eigenvalue weighted by molar-refractivity contribution is 7.53. The molecule has 0 bridgehead atoms. The van der Waals surface area contributed by atoms with E-state index < -0.39 is 54.9 Å². The number of alkyl halides is 1. The molecule has 0 aliphatic carbocycles. The standard InChI is InChI=1S/C20H28F2NO7P/c1-6-11-14(15(21)10(4)19(26)23-11)18-16(22)17(25)12(29-18)9-20(5,8-3)30-31(27,28)13(24)7-2/h1,12-13,16-18,24-25H,7-9H2,2-5H3,(H,23,26)(H,27,28)/t12-,13?,16+,17?,18+,20?/m1/s1. The summed E-state index contributed by atoms with van der Waals surface area (Å²) < 4.78 is 53.0. The van der Waals surface area contributed by atoms with E-state index in [2.05, 4.69) is 10.9 Å². The van der Waals surface area contributed by atoms with Crippen LogP contribution in [0.5, 0.6) is 0 Å². The Labute approximate surface area is 179 Å². The Morgan fingerprint density at radius 2 is 2.06 bits per heavy atom. The molecule has 4 N–H and O–H groups in total. The monoisotopic (exact) mass is 463 g/mol. The third-order valence-corrected chi connectivity index (χ3v) is 7.46. The van der Waals surface area contributed by atoms with Gasteiger partial charge in [-0.3, -0.25) is 9.36 Å². The second-order valence-corrected chi connectivity index (χ2v) is 9.82. The van der Waals surface area contributed by atoms with Crippen molar-refractivity contribution in [2.45, 2.75) is 82.9 Å². The molecular formula is C20H28F2NO7P. The normalized spacial score (nSPS) is 28.5. The van der Waals surface area contributed by atoms with E-state index in [9.17, 15) is 33.2 Å². The molecule has 2 heterocycles. The number of aromatic amines is 1. The van der Waals surface area contributed by atoms with Crippen LogP contribution < -0.4 is 5.56 Å². The highest BCUT2D eigenvalue weighted by Crippen LogP contribution is 2.53. The first kappa shape index (κ1) is 25.7. The molecule has 4 unspecified atom stereocenters. The molecule has 1 aromatic rings. The summed E-state index contributed by atoms with van der Waals surface area (Å²) in [6.07, 6.45) is -1.39. The minimum atomic E-state index is -4.42. The van der Waals surface area contributed by atoms with Gasteiger partial charge in [-0.25, -0.2) is 8.78 Å². The van der Waals surface area contributed by atoms with Gasteiger partial charge in [-0.1, -0.05) is 19.8 Å². The maximum atomic E-state index is 15.0. The van der Waals surface area contributed by atoms with Crippen LogP contribution in [0.4, 0.5) is 8.78 Å². The summed E-state index contributed by atoms with van der Waals surface area (Å²) in [5, 5.41) is 20.2. The maximum Gasteiger partial charge on any atom is 0.356 e. The Bertz CT molecular complexity index is 962. The largest absolute Gasteiger partial charge is 0.387 e. The van der Waals surface area contributed by atoms with E-state index >= 15 is 0 Å². The quantitative estimate of drug-likeness (QED) is 0.344. The van der Waals surface area contributed by atoms with Crippen LogP contribution in [0, 0.1) is 25.1 Å². The van der Waals surface area contributed by atoms with Crippen LogP contribution in [-0.4, -0.2) is 49.9 Å². The fourth-order valence-electron chi connectivity index (χ4n) is 3.47. The summed E-state index contributed by atoms with van der Waals surface area (Å²) in [4.78, 5) is 24.1. The first-order chi connectivity index (χ1) is 14.3. The molecule has 1 aliphatic rings. The molecule has 0 amide bonds. The van der Waals surface area contributed by atoms with Gasteiger partial charge in [0, 0.05) is 6.42 Å². The highest BCUT2D eigenvalue weighted by atomic mass is 31.2. The van der Waals surface area contributed by atoms with Crippen LogP contribution in [0.1, 0.15) is 63.0 Å². The van der Waals surface area contributed by atoms with Crippen molar-refractivity contribution in [1.82, 2.24) is 4.98 Å². The number of nitrogens with one attached hydrogen (secondary N) is 1. The molecule has 0 aromatic carbocycles. The van der Waals surface area contributed by atoms with E-state index in [1.807, 2.05) is 0 Å². The average molecular weight is 463 g/mol. The first-order valence-electron chi connectivity index (χ1n) is 9.89. The zero-order valence-corrected chi connectivity index (χ0v) is 18.7. The van der Waals surface area contributed by atoms with E-state index in [0.717, 1.165) is 0 Å². The van der Waals surface area contributed by atoms with Crippen LogP contribution in [0.3, 0.4) is 0 Å². The molecule has 1 fully saturated rings. The van der Waals surface area contributed by atoms with Crippen LogP contribution >= 0.6 is 7.60 Å². The molecule has 1 aromatic heterocycles. The van der Waals surface area contributed by atoms with Gasteiger partial charge in [0.2, 0.25) is 0 Å². The number of terminal acetylenes is 1. The third kappa shape index (κ3) is 5.08. The lowest BCUT2D eigenvalue weighted by Gasteiger charge is -2.34. The molecule has 1 aliphatic heterocycles. The minimum Gasteiger partial charge on any atom is -0.387 e. The van der Waals surface area contributed by atoms with Gasteiger partial charge in [0.25, 0.3) is 5.56 Å². The highest BCUT2D eigenvalue weighted by Gasteiger charge is 2.50. The number of hydrogen-bond acceptors (Lipinski definition) is 6. The number of aliphatic hydroxyl groups is 2. The molecule has 1 saturated heterocycles. The van der Waals surface area contributed by atoms with E-state index in [-0.39, 0.29) is 36.1 Å². The lowest BCUT2D eigenvalue weighted by atomic mass is 9.92. The first-order valence-corrected chi connectivity index (χ1v) is 11.5. The Morgan fingerprint density at radius 3 is 2.58 bits per heavy atom. The summed E-state index contributed by atoms with van der Waals surface area (Å²) >= 11 is 0. The van der Waals surface area contributed by atoms with Crippen molar-refractivity contribution in [3.8, 4) is 12.3 Å². The molecule has 31 heavy (non-hydrogen) atoms. The Kier molecular flexibility index (Phi) is 7.85. The molecule has 8 nitrogen and oxygen atoms in total. The second-order valence-electron chi connectivity index (χ2n) is 7.91. The van der Waals surface area contributed by atoms with Crippen molar-refractivity contribution in [3.63, 3.8) is 0 Å². The van der Waals surface area contributed by atoms with Crippen molar-refractivity contribution >= 4 is 7.60 Å². The predicted molar refractivity (Wildman–Crippen MR) is 109 cm³/mol. The fraction of sp³-hybridized carbons (Fsp3) is 0.650.